The van der Waals surface area contributed by atoms with Gasteiger partial charge in [0.2, 0.25) is 0 Å². The standard InChI is InChI=1S/C20H25ClN2O3/c1-14-10-16(21)8-9-19(14)26-13-20(24)22-12-18(23(2)3)15-6-5-7-17(11-15)25-4/h5-11,18H,12-13H2,1-4H3,(H,22,24)/p+1/t18-/m0/s1. The molecule has 2 aromatic carbocycles. The lowest BCUT2D eigenvalue weighted by Gasteiger charge is -2.22. The summed E-state index contributed by atoms with van der Waals surface area (Å²) < 4.78 is 10.9. The molecule has 5 nitrogen and oxygen atoms in total. The van der Waals surface area contributed by atoms with Crippen molar-refractivity contribution >= 4 is 17.5 Å². The van der Waals surface area contributed by atoms with Crippen molar-refractivity contribution in [3.8, 4) is 11.5 Å². The number of amides is 1. The van der Waals surface area contributed by atoms with Crippen molar-refractivity contribution in [3.63, 3.8) is 0 Å². The summed E-state index contributed by atoms with van der Waals surface area (Å²) in [5.41, 5.74) is 2.01. The minimum atomic E-state index is -0.159. The second-order valence-electron chi connectivity index (χ2n) is 6.41. The zero-order valence-corrected chi connectivity index (χ0v) is 16.4. The smallest absolute Gasteiger partial charge is 0.258 e. The summed E-state index contributed by atoms with van der Waals surface area (Å²) in [7, 11) is 5.77. The van der Waals surface area contributed by atoms with Gasteiger partial charge in [-0.25, -0.2) is 0 Å². The molecular weight excluding hydrogens is 352 g/mol. The highest BCUT2D eigenvalue weighted by Crippen LogP contribution is 2.21. The molecule has 0 fully saturated rings. The Hall–Kier alpha value is -2.24. The minimum Gasteiger partial charge on any atom is -0.497 e. The zero-order valence-electron chi connectivity index (χ0n) is 15.6. The van der Waals surface area contributed by atoms with E-state index < -0.39 is 0 Å². The number of likely N-dealkylation sites (N-methyl/N-ethyl adjacent to an activating group) is 1. The van der Waals surface area contributed by atoms with E-state index in [0.29, 0.717) is 17.3 Å². The second-order valence-corrected chi connectivity index (χ2v) is 6.85. The number of hydrogen-bond acceptors (Lipinski definition) is 3. The molecule has 2 aromatic rings. The number of rotatable bonds is 8. The first-order chi connectivity index (χ1) is 12.4. The molecule has 2 N–H and O–H groups in total. The fourth-order valence-electron chi connectivity index (χ4n) is 2.70. The van der Waals surface area contributed by atoms with Crippen LogP contribution in [0.2, 0.25) is 5.02 Å². The number of carbonyl (C=O) groups excluding carboxylic acids is 1. The SMILES string of the molecule is COc1cccc([C@H](CNC(=O)COc2ccc(Cl)cc2C)[NH+](C)C)c1. The summed E-state index contributed by atoms with van der Waals surface area (Å²) in [5, 5.41) is 3.60. The Balaban J connectivity index is 1.92. The van der Waals surface area contributed by atoms with Gasteiger partial charge in [-0.15, -0.1) is 0 Å². The van der Waals surface area contributed by atoms with Crippen LogP contribution in [-0.4, -0.2) is 40.3 Å². The summed E-state index contributed by atoms with van der Waals surface area (Å²) in [4.78, 5) is 13.4. The molecule has 0 saturated carbocycles. The molecule has 1 amide bonds. The molecule has 1 atom stereocenters. The molecular formula is C20H26ClN2O3+. The lowest BCUT2D eigenvalue weighted by molar-refractivity contribution is -0.890. The normalized spacial score (nSPS) is 11.9. The van der Waals surface area contributed by atoms with E-state index in [2.05, 4.69) is 19.4 Å². The molecule has 0 radical (unpaired) electrons. The third-order valence-corrected chi connectivity index (χ3v) is 4.43. The van der Waals surface area contributed by atoms with Crippen molar-refractivity contribution in [1.29, 1.82) is 0 Å². The molecule has 0 aliphatic heterocycles. The van der Waals surface area contributed by atoms with Gasteiger partial charge in [0.05, 0.1) is 27.7 Å². The fraction of sp³-hybridized carbons (Fsp3) is 0.350. The van der Waals surface area contributed by atoms with Crippen LogP contribution in [0.1, 0.15) is 17.2 Å². The van der Waals surface area contributed by atoms with Crippen LogP contribution in [0.5, 0.6) is 11.5 Å². The van der Waals surface area contributed by atoms with E-state index in [1.807, 2.05) is 37.3 Å². The summed E-state index contributed by atoms with van der Waals surface area (Å²) in [5.74, 6) is 1.31. The highest BCUT2D eigenvalue weighted by atomic mass is 35.5. The first-order valence-electron chi connectivity index (χ1n) is 8.50. The summed E-state index contributed by atoms with van der Waals surface area (Å²) in [6, 6.07) is 13.3. The third-order valence-electron chi connectivity index (χ3n) is 4.19. The highest BCUT2D eigenvalue weighted by Gasteiger charge is 2.19. The number of methoxy groups -OCH3 is 1. The third kappa shape index (κ3) is 5.64. The molecule has 0 unspecified atom stereocenters. The van der Waals surface area contributed by atoms with Crippen LogP contribution in [0, 0.1) is 6.92 Å². The number of halogens is 1. The van der Waals surface area contributed by atoms with Crippen LogP contribution in [0.3, 0.4) is 0 Å². The molecule has 0 heterocycles. The number of aryl methyl sites for hydroxylation is 1. The van der Waals surface area contributed by atoms with Crippen molar-refractivity contribution in [2.45, 2.75) is 13.0 Å². The number of carbonyl (C=O) groups is 1. The Morgan fingerprint density at radius 2 is 2.00 bits per heavy atom. The average Bonchev–Trinajstić information content (AvgIpc) is 2.61. The van der Waals surface area contributed by atoms with Crippen LogP contribution < -0.4 is 19.7 Å². The van der Waals surface area contributed by atoms with Gasteiger partial charge in [-0.2, -0.15) is 0 Å². The van der Waals surface area contributed by atoms with Crippen molar-refractivity contribution in [2.24, 2.45) is 0 Å². The zero-order chi connectivity index (χ0) is 19.1. The number of hydrogen-bond donors (Lipinski definition) is 2. The van der Waals surface area contributed by atoms with Crippen molar-refractivity contribution < 1.29 is 19.2 Å². The van der Waals surface area contributed by atoms with Gasteiger partial charge in [0.1, 0.15) is 17.5 Å². The molecule has 0 aliphatic rings. The van der Waals surface area contributed by atoms with Gasteiger partial charge in [0.15, 0.2) is 6.61 Å². The van der Waals surface area contributed by atoms with Gasteiger partial charge in [-0.05, 0) is 42.8 Å². The Bertz CT molecular complexity index is 750. The number of benzene rings is 2. The second kappa shape index (κ2) is 9.46. The first-order valence-corrected chi connectivity index (χ1v) is 8.88. The van der Waals surface area contributed by atoms with Crippen molar-refractivity contribution in [1.82, 2.24) is 5.32 Å². The molecule has 140 valence electrons. The summed E-state index contributed by atoms with van der Waals surface area (Å²) >= 11 is 5.93. The molecule has 6 heteroatoms. The van der Waals surface area contributed by atoms with E-state index in [-0.39, 0.29) is 18.6 Å². The van der Waals surface area contributed by atoms with Gasteiger partial charge < -0.3 is 19.7 Å². The van der Waals surface area contributed by atoms with Gasteiger partial charge in [0, 0.05) is 10.6 Å². The molecule has 0 bridgehead atoms. The number of ether oxygens (including phenoxy) is 2. The van der Waals surface area contributed by atoms with E-state index in [9.17, 15) is 4.79 Å². The van der Waals surface area contributed by atoms with Crippen LogP contribution in [0.15, 0.2) is 42.5 Å². The van der Waals surface area contributed by atoms with Crippen molar-refractivity contribution in [2.75, 3.05) is 34.4 Å². The Morgan fingerprint density at radius 3 is 2.65 bits per heavy atom. The molecule has 0 spiro atoms. The maximum absolute atomic E-state index is 12.2. The highest BCUT2D eigenvalue weighted by molar-refractivity contribution is 6.30. The predicted octanol–water partition coefficient (Wildman–Crippen LogP) is 2.04. The Labute approximate surface area is 159 Å². The fourth-order valence-corrected chi connectivity index (χ4v) is 2.93. The Kier molecular flexibility index (Phi) is 7.30. The molecule has 2 rings (SSSR count). The number of nitrogens with one attached hydrogen (secondary N) is 2. The van der Waals surface area contributed by atoms with Gasteiger partial charge in [-0.3, -0.25) is 4.79 Å². The van der Waals surface area contributed by atoms with E-state index in [4.69, 9.17) is 21.1 Å². The molecule has 0 aliphatic carbocycles. The molecule has 0 saturated heterocycles. The molecule has 26 heavy (non-hydrogen) atoms. The van der Waals surface area contributed by atoms with E-state index in [0.717, 1.165) is 16.9 Å². The van der Waals surface area contributed by atoms with Gasteiger partial charge in [0.25, 0.3) is 5.91 Å². The van der Waals surface area contributed by atoms with E-state index >= 15 is 0 Å². The van der Waals surface area contributed by atoms with Crippen LogP contribution in [0.25, 0.3) is 0 Å². The first kappa shape index (κ1) is 20.1. The maximum Gasteiger partial charge on any atom is 0.258 e. The predicted molar refractivity (Wildman–Crippen MR) is 103 cm³/mol. The quantitative estimate of drug-likeness (QED) is 0.740. The van der Waals surface area contributed by atoms with Crippen LogP contribution >= 0.6 is 11.6 Å². The minimum absolute atomic E-state index is 0.0317. The lowest BCUT2D eigenvalue weighted by Crippen LogP contribution is -3.07. The van der Waals surface area contributed by atoms with Crippen LogP contribution in [0.4, 0.5) is 0 Å². The van der Waals surface area contributed by atoms with E-state index in [1.165, 1.54) is 4.90 Å². The van der Waals surface area contributed by atoms with Crippen molar-refractivity contribution in [3.05, 3.63) is 58.6 Å². The van der Waals surface area contributed by atoms with E-state index in [1.54, 1.807) is 19.2 Å². The lowest BCUT2D eigenvalue weighted by atomic mass is 10.1. The van der Waals surface area contributed by atoms with Gasteiger partial charge >= 0.3 is 0 Å². The topological polar surface area (TPSA) is 52.0 Å². The Morgan fingerprint density at radius 1 is 1.23 bits per heavy atom. The maximum atomic E-state index is 12.2. The molecule has 0 aromatic heterocycles. The number of quaternary nitrogens is 1. The summed E-state index contributed by atoms with van der Waals surface area (Å²) in [6.45, 7) is 2.38. The monoisotopic (exact) mass is 377 g/mol. The average molecular weight is 378 g/mol. The van der Waals surface area contributed by atoms with Crippen LogP contribution in [-0.2, 0) is 4.79 Å². The summed E-state index contributed by atoms with van der Waals surface area (Å²) in [6.07, 6.45) is 0. The van der Waals surface area contributed by atoms with Gasteiger partial charge in [-0.1, -0.05) is 23.7 Å². The largest absolute Gasteiger partial charge is 0.497 e.